The van der Waals surface area contributed by atoms with Gasteiger partial charge in [-0.1, -0.05) is 152 Å². The van der Waals surface area contributed by atoms with Crippen LogP contribution in [0.4, 0.5) is 0 Å². The van der Waals surface area contributed by atoms with Gasteiger partial charge in [0.1, 0.15) is 0 Å². The van der Waals surface area contributed by atoms with Gasteiger partial charge in [0.2, 0.25) is 0 Å². The average molecular weight is 586 g/mol. The highest BCUT2D eigenvalue weighted by Gasteiger charge is 2.19. The Hall–Kier alpha value is -5.92. The predicted molar refractivity (Wildman–Crippen MR) is 195 cm³/mol. The fraction of sp³-hybridized carbons (Fsp3) is 0.0222. The SMILES string of the molecule is c1ccc(-c2cccc(C(c3ccc(-n4c5ccccc5c5cc6ccccc6cc54)cc3)c3ccc4ccccc4c3)c2)cc1. The third-order valence-corrected chi connectivity index (χ3v) is 9.46. The molecule has 1 aromatic heterocycles. The number of para-hydroxylation sites is 1. The smallest absolute Gasteiger partial charge is 0.0547 e. The van der Waals surface area contributed by atoms with Gasteiger partial charge in [-0.15, -0.1) is 0 Å². The normalized spacial score (nSPS) is 12.3. The molecule has 0 spiro atoms. The second kappa shape index (κ2) is 10.9. The molecule has 0 N–H and O–H groups in total. The molecule has 0 radical (unpaired) electrons. The van der Waals surface area contributed by atoms with E-state index in [0.29, 0.717) is 0 Å². The quantitative estimate of drug-likeness (QED) is 0.177. The van der Waals surface area contributed by atoms with E-state index in [0.717, 1.165) is 0 Å². The summed E-state index contributed by atoms with van der Waals surface area (Å²) in [6.45, 7) is 0. The van der Waals surface area contributed by atoms with Gasteiger partial charge in [-0.3, -0.25) is 0 Å². The number of aromatic nitrogens is 1. The Labute approximate surface area is 268 Å². The molecule has 0 saturated carbocycles. The Bertz CT molecular complexity index is 2520. The van der Waals surface area contributed by atoms with E-state index in [1.165, 1.54) is 76.9 Å². The molecule has 0 fully saturated rings. The molecule has 216 valence electrons. The minimum atomic E-state index is 0.0874. The summed E-state index contributed by atoms with van der Waals surface area (Å²) in [4.78, 5) is 0. The summed E-state index contributed by atoms with van der Waals surface area (Å²) >= 11 is 0. The Morgan fingerprint density at radius 1 is 0.326 bits per heavy atom. The Balaban J connectivity index is 1.21. The summed E-state index contributed by atoms with van der Waals surface area (Å²) in [7, 11) is 0. The number of hydrogen-bond donors (Lipinski definition) is 0. The van der Waals surface area contributed by atoms with Gasteiger partial charge in [-0.25, -0.2) is 0 Å². The van der Waals surface area contributed by atoms with Crippen LogP contribution in [0, 0.1) is 0 Å². The van der Waals surface area contributed by atoms with Crippen LogP contribution in [0.1, 0.15) is 22.6 Å². The van der Waals surface area contributed by atoms with E-state index >= 15 is 0 Å². The fourth-order valence-corrected chi connectivity index (χ4v) is 7.24. The molecule has 9 rings (SSSR count). The van der Waals surface area contributed by atoms with E-state index in [1.54, 1.807) is 0 Å². The highest BCUT2D eigenvalue weighted by Crippen LogP contribution is 2.38. The fourth-order valence-electron chi connectivity index (χ4n) is 7.24. The molecule has 9 aromatic rings. The van der Waals surface area contributed by atoms with Crippen LogP contribution >= 0.6 is 0 Å². The molecule has 0 aliphatic carbocycles. The highest BCUT2D eigenvalue weighted by molar-refractivity contribution is 6.13. The summed E-state index contributed by atoms with van der Waals surface area (Å²) < 4.78 is 2.42. The first-order valence-electron chi connectivity index (χ1n) is 16.0. The van der Waals surface area contributed by atoms with Crippen LogP contribution in [-0.4, -0.2) is 4.57 Å². The first-order valence-corrected chi connectivity index (χ1v) is 16.0. The van der Waals surface area contributed by atoms with Crippen molar-refractivity contribution >= 4 is 43.4 Å². The van der Waals surface area contributed by atoms with Crippen molar-refractivity contribution in [3.05, 3.63) is 199 Å². The van der Waals surface area contributed by atoms with E-state index in [-0.39, 0.29) is 5.92 Å². The molecule has 8 aromatic carbocycles. The van der Waals surface area contributed by atoms with E-state index < -0.39 is 0 Å². The minimum Gasteiger partial charge on any atom is -0.309 e. The minimum absolute atomic E-state index is 0.0874. The number of rotatable bonds is 5. The monoisotopic (exact) mass is 585 g/mol. The molecule has 1 heterocycles. The number of benzene rings is 8. The van der Waals surface area contributed by atoms with Crippen LogP contribution in [0.15, 0.2) is 182 Å². The topological polar surface area (TPSA) is 4.93 Å². The van der Waals surface area contributed by atoms with Gasteiger partial charge in [0.25, 0.3) is 0 Å². The maximum Gasteiger partial charge on any atom is 0.0547 e. The molecule has 1 nitrogen and oxygen atoms in total. The van der Waals surface area contributed by atoms with Crippen molar-refractivity contribution in [3.63, 3.8) is 0 Å². The van der Waals surface area contributed by atoms with Gasteiger partial charge in [0.15, 0.2) is 0 Å². The summed E-state index contributed by atoms with van der Waals surface area (Å²) in [6, 6.07) is 66.6. The van der Waals surface area contributed by atoms with Gasteiger partial charge in [0, 0.05) is 22.4 Å². The van der Waals surface area contributed by atoms with Gasteiger partial charge in [0.05, 0.1) is 11.0 Å². The summed E-state index contributed by atoms with van der Waals surface area (Å²) in [5.41, 5.74) is 9.94. The highest BCUT2D eigenvalue weighted by atomic mass is 15.0. The molecule has 0 aliphatic heterocycles. The van der Waals surface area contributed by atoms with E-state index in [2.05, 4.69) is 187 Å². The van der Waals surface area contributed by atoms with Crippen molar-refractivity contribution < 1.29 is 0 Å². The van der Waals surface area contributed by atoms with Crippen LogP contribution in [0.2, 0.25) is 0 Å². The summed E-state index contributed by atoms with van der Waals surface area (Å²) in [6.07, 6.45) is 0. The van der Waals surface area contributed by atoms with Crippen LogP contribution in [0.3, 0.4) is 0 Å². The lowest BCUT2D eigenvalue weighted by Gasteiger charge is -2.21. The summed E-state index contributed by atoms with van der Waals surface area (Å²) in [5, 5.41) is 7.61. The number of fused-ring (bicyclic) bond motifs is 5. The molecule has 1 atom stereocenters. The molecule has 1 unspecified atom stereocenters. The lowest BCUT2D eigenvalue weighted by atomic mass is 9.83. The Morgan fingerprint density at radius 2 is 0.935 bits per heavy atom. The van der Waals surface area contributed by atoms with Crippen molar-refractivity contribution in [1.82, 2.24) is 4.57 Å². The molecule has 1 heteroatoms. The molecule has 0 bridgehead atoms. The summed E-state index contributed by atoms with van der Waals surface area (Å²) in [5.74, 6) is 0.0874. The van der Waals surface area contributed by atoms with E-state index in [9.17, 15) is 0 Å². The molecular formula is C45H31N. The van der Waals surface area contributed by atoms with Crippen molar-refractivity contribution in [2.24, 2.45) is 0 Å². The van der Waals surface area contributed by atoms with Crippen molar-refractivity contribution in [3.8, 4) is 16.8 Å². The third-order valence-electron chi connectivity index (χ3n) is 9.46. The Morgan fingerprint density at radius 3 is 1.74 bits per heavy atom. The molecule has 46 heavy (non-hydrogen) atoms. The first-order chi connectivity index (χ1) is 22.8. The van der Waals surface area contributed by atoms with Crippen LogP contribution in [0.25, 0.3) is 60.2 Å². The largest absolute Gasteiger partial charge is 0.309 e. The van der Waals surface area contributed by atoms with Crippen LogP contribution in [-0.2, 0) is 0 Å². The van der Waals surface area contributed by atoms with Gasteiger partial charge in [-0.2, -0.15) is 0 Å². The molecule has 0 aliphatic rings. The zero-order valence-corrected chi connectivity index (χ0v) is 25.3. The standard InChI is InChI=1S/C45H31N/c1-2-11-31(12-3-1)35-17-10-18-38(27-35)45(39-22-21-32-13-4-5-14-34(32)28-39)33-23-25-40(26-24-33)46-43-20-9-8-19-41(43)42-29-36-15-6-7-16-37(36)30-44(42)46/h1-30,45H. The molecule has 0 amide bonds. The van der Waals surface area contributed by atoms with Crippen LogP contribution in [0.5, 0.6) is 0 Å². The number of hydrogen-bond acceptors (Lipinski definition) is 0. The second-order valence-electron chi connectivity index (χ2n) is 12.2. The van der Waals surface area contributed by atoms with Crippen LogP contribution < -0.4 is 0 Å². The van der Waals surface area contributed by atoms with E-state index in [4.69, 9.17) is 0 Å². The third kappa shape index (κ3) is 4.48. The Kier molecular flexibility index (Phi) is 6.28. The van der Waals surface area contributed by atoms with E-state index in [1.807, 2.05) is 0 Å². The lowest BCUT2D eigenvalue weighted by Crippen LogP contribution is -2.04. The van der Waals surface area contributed by atoms with Crippen molar-refractivity contribution in [2.45, 2.75) is 5.92 Å². The zero-order chi connectivity index (χ0) is 30.5. The van der Waals surface area contributed by atoms with Crippen molar-refractivity contribution in [1.29, 1.82) is 0 Å². The maximum atomic E-state index is 2.42. The average Bonchev–Trinajstić information content (AvgIpc) is 3.44. The molecule has 0 saturated heterocycles. The predicted octanol–water partition coefficient (Wildman–Crippen LogP) is 11.9. The van der Waals surface area contributed by atoms with Gasteiger partial charge >= 0.3 is 0 Å². The molecular weight excluding hydrogens is 555 g/mol. The second-order valence-corrected chi connectivity index (χ2v) is 12.2. The van der Waals surface area contributed by atoms with Crippen molar-refractivity contribution in [2.75, 3.05) is 0 Å². The number of nitrogens with zero attached hydrogens (tertiary/aromatic N) is 1. The maximum absolute atomic E-state index is 2.42. The van der Waals surface area contributed by atoms with Gasteiger partial charge in [-0.05, 0) is 79.7 Å². The first kappa shape index (κ1) is 26.5. The van der Waals surface area contributed by atoms with Gasteiger partial charge < -0.3 is 4.57 Å². The lowest BCUT2D eigenvalue weighted by molar-refractivity contribution is 0.978. The zero-order valence-electron chi connectivity index (χ0n) is 25.3.